The maximum absolute atomic E-state index is 9.62. The van der Waals surface area contributed by atoms with Crippen LogP contribution < -0.4 is 4.74 Å². The van der Waals surface area contributed by atoms with Gasteiger partial charge in [0.1, 0.15) is 17.2 Å². The van der Waals surface area contributed by atoms with E-state index in [2.05, 4.69) is 29.1 Å². The van der Waals surface area contributed by atoms with E-state index in [1.54, 1.807) is 31.4 Å². The minimum absolute atomic E-state index is 0.243. The van der Waals surface area contributed by atoms with Gasteiger partial charge in [0, 0.05) is 30.1 Å². The first kappa shape index (κ1) is 17.7. The minimum Gasteiger partial charge on any atom is -0.508 e. The van der Waals surface area contributed by atoms with Crippen LogP contribution in [-0.2, 0) is 6.54 Å². The summed E-state index contributed by atoms with van der Waals surface area (Å²) in [5.41, 5.74) is 5.35. The molecule has 3 aromatic carbocycles. The minimum atomic E-state index is 0.243. The van der Waals surface area contributed by atoms with E-state index in [9.17, 15) is 10.2 Å². The summed E-state index contributed by atoms with van der Waals surface area (Å²) in [5, 5.41) is 19.2. The van der Waals surface area contributed by atoms with E-state index in [0.717, 1.165) is 34.5 Å². The molecule has 0 amide bonds. The molecule has 0 aliphatic rings. The van der Waals surface area contributed by atoms with Gasteiger partial charge in [-0.2, -0.15) is 0 Å². The van der Waals surface area contributed by atoms with E-state index in [1.165, 1.54) is 5.56 Å². The van der Waals surface area contributed by atoms with Crippen LogP contribution in [-0.4, -0.2) is 21.9 Å². The lowest BCUT2D eigenvalue weighted by atomic mass is 9.99. The lowest BCUT2D eigenvalue weighted by molar-refractivity contribution is 0.414. The Morgan fingerprint density at radius 1 is 0.679 bits per heavy atom. The Morgan fingerprint density at radius 3 is 1.57 bits per heavy atom. The summed E-state index contributed by atoms with van der Waals surface area (Å²) >= 11 is 0. The summed E-state index contributed by atoms with van der Waals surface area (Å²) in [6.07, 6.45) is 4.22. The summed E-state index contributed by atoms with van der Waals surface area (Å²) in [5.74, 6) is 1.33. The molecule has 4 rings (SSSR count). The molecule has 1 aromatic heterocycles. The molecule has 28 heavy (non-hydrogen) atoms. The van der Waals surface area contributed by atoms with E-state index < -0.39 is 0 Å². The molecular weight excluding hydrogens is 350 g/mol. The Balaban J connectivity index is 1.74. The van der Waals surface area contributed by atoms with Gasteiger partial charge < -0.3 is 19.5 Å². The number of phenols is 2. The molecule has 0 radical (unpaired) electrons. The van der Waals surface area contributed by atoms with Crippen molar-refractivity contribution in [2.24, 2.45) is 0 Å². The molecule has 0 aliphatic heterocycles. The Bertz CT molecular complexity index is 1000. The van der Waals surface area contributed by atoms with Gasteiger partial charge in [-0.15, -0.1) is 0 Å². The van der Waals surface area contributed by atoms with Gasteiger partial charge in [-0.1, -0.05) is 36.4 Å². The van der Waals surface area contributed by atoms with Crippen molar-refractivity contribution in [2.75, 3.05) is 7.11 Å². The van der Waals surface area contributed by atoms with Crippen molar-refractivity contribution >= 4 is 0 Å². The molecule has 4 aromatic rings. The van der Waals surface area contributed by atoms with Crippen molar-refractivity contribution in [3.05, 3.63) is 90.8 Å². The SMILES string of the molecule is COc1ccc(Cn2cc(-c3ccc(O)cc3)c(-c3ccc(O)cc3)c2)cc1. The van der Waals surface area contributed by atoms with Crippen molar-refractivity contribution in [1.29, 1.82) is 0 Å². The average Bonchev–Trinajstić information content (AvgIpc) is 3.13. The smallest absolute Gasteiger partial charge is 0.118 e. The standard InChI is InChI=1S/C24H21NO3/c1-28-22-12-2-17(3-13-22)14-25-15-23(18-4-8-20(26)9-5-18)24(16-25)19-6-10-21(27)11-7-19/h2-13,15-16,26-27H,14H2,1H3. The molecule has 0 fully saturated rings. The van der Waals surface area contributed by atoms with E-state index >= 15 is 0 Å². The first-order valence-electron chi connectivity index (χ1n) is 9.04. The number of hydrogen-bond acceptors (Lipinski definition) is 3. The van der Waals surface area contributed by atoms with Crippen LogP contribution in [0.15, 0.2) is 85.2 Å². The Kier molecular flexibility index (Phi) is 4.77. The molecule has 0 aliphatic carbocycles. The Hall–Kier alpha value is -3.66. The number of aromatic nitrogens is 1. The average molecular weight is 371 g/mol. The fraction of sp³-hybridized carbons (Fsp3) is 0.0833. The number of phenolic OH excluding ortho intramolecular Hbond substituents is 2. The van der Waals surface area contributed by atoms with Gasteiger partial charge in [-0.3, -0.25) is 0 Å². The molecule has 2 N–H and O–H groups in total. The second-order valence-electron chi connectivity index (χ2n) is 6.70. The fourth-order valence-electron chi connectivity index (χ4n) is 3.28. The van der Waals surface area contributed by atoms with Crippen molar-refractivity contribution in [3.63, 3.8) is 0 Å². The van der Waals surface area contributed by atoms with Crippen LogP contribution in [0.4, 0.5) is 0 Å². The first-order chi connectivity index (χ1) is 13.6. The molecule has 1 heterocycles. The van der Waals surface area contributed by atoms with E-state index in [4.69, 9.17) is 4.74 Å². The number of nitrogens with zero attached hydrogens (tertiary/aromatic N) is 1. The number of rotatable bonds is 5. The molecule has 0 saturated heterocycles. The largest absolute Gasteiger partial charge is 0.508 e. The number of methoxy groups -OCH3 is 1. The highest BCUT2D eigenvalue weighted by Gasteiger charge is 2.12. The van der Waals surface area contributed by atoms with Gasteiger partial charge in [0.05, 0.1) is 7.11 Å². The molecule has 0 unspecified atom stereocenters. The van der Waals surface area contributed by atoms with Gasteiger partial charge in [0.2, 0.25) is 0 Å². The molecule has 0 atom stereocenters. The predicted molar refractivity (Wildman–Crippen MR) is 111 cm³/mol. The van der Waals surface area contributed by atoms with Crippen LogP contribution in [0.1, 0.15) is 5.56 Å². The highest BCUT2D eigenvalue weighted by atomic mass is 16.5. The summed E-state index contributed by atoms with van der Waals surface area (Å²) in [4.78, 5) is 0. The molecule has 4 heteroatoms. The summed E-state index contributed by atoms with van der Waals surface area (Å²) in [7, 11) is 1.66. The zero-order valence-electron chi connectivity index (χ0n) is 15.5. The summed E-state index contributed by atoms with van der Waals surface area (Å²) in [6, 6.07) is 22.4. The van der Waals surface area contributed by atoms with Crippen LogP contribution in [0.5, 0.6) is 17.2 Å². The third-order valence-electron chi connectivity index (χ3n) is 4.76. The summed E-state index contributed by atoms with van der Waals surface area (Å²) < 4.78 is 7.37. The van der Waals surface area contributed by atoms with Gasteiger partial charge in [-0.05, 0) is 53.1 Å². The highest BCUT2D eigenvalue weighted by Crippen LogP contribution is 2.35. The lowest BCUT2D eigenvalue weighted by Crippen LogP contribution is -1.96. The topological polar surface area (TPSA) is 54.6 Å². The number of ether oxygens (including phenoxy) is 1. The number of aromatic hydroxyl groups is 2. The number of hydrogen-bond donors (Lipinski definition) is 2. The van der Waals surface area contributed by atoms with E-state index in [0.29, 0.717) is 0 Å². The van der Waals surface area contributed by atoms with Gasteiger partial charge in [-0.25, -0.2) is 0 Å². The lowest BCUT2D eigenvalue weighted by Gasteiger charge is -2.05. The van der Waals surface area contributed by atoms with E-state index in [-0.39, 0.29) is 11.5 Å². The first-order valence-corrected chi connectivity index (χ1v) is 9.04. The van der Waals surface area contributed by atoms with Crippen LogP contribution in [0.2, 0.25) is 0 Å². The van der Waals surface area contributed by atoms with Crippen LogP contribution >= 0.6 is 0 Å². The maximum Gasteiger partial charge on any atom is 0.118 e. The fourth-order valence-corrected chi connectivity index (χ4v) is 3.28. The van der Waals surface area contributed by atoms with Crippen LogP contribution in [0.3, 0.4) is 0 Å². The normalized spacial score (nSPS) is 10.8. The Labute approximate surface area is 163 Å². The predicted octanol–water partition coefficient (Wildman–Crippen LogP) is 5.29. The van der Waals surface area contributed by atoms with Crippen molar-refractivity contribution in [3.8, 4) is 39.5 Å². The highest BCUT2D eigenvalue weighted by molar-refractivity contribution is 5.83. The Morgan fingerprint density at radius 2 is 1.14 bits per heavy atom. The van der Waals surface area contributed by atoms with E-state index in [1.807, 2.05) is 36.4 Å². The van der Waals surface area contributed by atoms with Crippen molar-refractivity contribution in [2.45, 2.75) is 6.54 Å². The van der Waals surface area contributed by atoms with Crippen LogP contribution in [0, 0.1) is 0 Å². The molecule has 0 spiro atoms. The second kappa shape index (κ2) is 7.53. The van der Waals surface area contributed by atoms with Gasteiger partial charge >= 0.3 is 0 Å². The summed E-state index contributed by atoms with van der Waals surface area (Å²) in [6.45, 7) is 0.729. The van der Waals surface area contributed by atoms with Gasteiger partial charge in [0.15, 0.2) is 0 Å². The molecule has 140 valence electrons. The van der Waals surface area contributed by atoms with Crippen molar-refractivity contribution in [1.82, 2.24) is 4.57 Å². The zero-order valence-corrected chi connectivity index (χ0v) is 15.5. The third kappa shape index (κ3) is 3.71. The molecule has 4 nitrogen and oxygen atoms in total. The van der Waals surface area contributed by atoms with Crippen molar-refractivity contribution < 1.29 is 14.9 Å². The zero-order chi connectivity index (χ0) is 19.5. The molecular formula is C24H21NO3. The third-order valence-corrected chi connectivity index (χ3v) is 4.76. The maximum atomic E-state index is 9.62. The second-order valence-corrected chi connectivity index (χ2v) is 6.70. The quantitative estimate of drug-likeness (QED) is 0.501. The monoisotopic (exact) mass is 371 g/mol. The number of benzene rings is 3. The van der Waals surface area contributed by atoms with Crippen LogP contribution in [0.25, 0.3) is 22.3 Å². The molecule has 0 saturated carbocycles. The van der Waals surface area contributed by atoms with Gasteiger partial charge in [0.25, 0.3) is 0 Å². The molecule has 0 bridgehead atoms.